The number of rotatable bonds is 6. The molecular weight excluding hydrogens is 1100 g/mol. The van der Waals surface area contributed by atoms with Crippen LogP contribution in [0.1, 0.15) is 97.3 Å². The van der Waals surface area contributed by atoms with E-state index in [4.69, 9.17) is 23.7 Å². The summed E-state index contributed by atoms with van der Waals surface area (Å²) in [4.78, 5) is 0. The lowest BCUT2D eigenvalue weighted by atomic mass is 9.70. The Morgan fingerprint density at radius 3 is 1.36 bits per heavy atom. The van der Waals surface area contributed by atoms with Gasteiger partial charge in [0.15, 0.2) is 58.2 Å². The highest BCUT2D eigenvalue weighted by molar-refractivity contribution is 5.74. The Labute approximate surface area is 471 Å². The zero-order chi connectivity index (χ0) is 59.4. The molecule has 84 heavy (non-hydrogen) atoms. The first-order valence-corrected chi connectivity index (χ1v) is 25.8. The van der Waals surface area contributed by atoms with Crippen LogP contribution >= 0.6 is 0 Å². The molecule has 0 fully saturated rings. The van der Waals surface area contributed by atoms with Crippen molar-refractivity contribution in [3.63, 3.8) is 0 Å². The second kappa shape index (κ2) is 18.6. The zero-order valence-electron chi connectivity index (χ0n) is 42.8. The Hall–Kier alpha value is -10.4. The average Bonchev–Trinajstić information content (AvgIpc) is 0.890. The van der Waals surface area contributed by atoms with Gasteiger partial charge in [-0.3, -0.25) is 0 Å². The number of ether oxygens (including phenoxy) is 5. The summed E-state index contributed by atoms with van der Waals surface area (Å²) in [6.07, 6.45) is -12.8. The van der Waals surface area contributed by atoms with Crippen LogP contribution in [0.2, 0.25) is 0 Å². The average molecular weight is 1150 g/mol. The van der Waals surface area contributed by atoms with Gasteiger partial charge < -0.3 is 121 Å². The minimum atomic E-state index is -2.72. The number of fused-ring (bicyclic) bond motifs is 10. The number of hydrogen-bond donors (Lipinski definition) is 19. The summed E-state index contributed by atoms with van der Waals surface area (Å²) >= 11 is 0. The lowest BCUT2D eigenvalue weighted by Crippen LogP contribution is -2.58. The van der Waals surface area contributed by atoms with Crippen molar-refractivity contribution in [2.75, 3.05) is 0 Å². The molecule has 8 aromatic carbocycles. The Kier molecular flexibility index (Phi) is 11.7. The summed E-state index contributed by atoms with van der Waals surface area (Å²) in [6.45, 7) is 0. The van der Waals surface area contributed by atoms with Gasteiger partial charge in [-0.2, -0.15) is 0 Å². The molecule has 13 rings (SSSR count). The minimum absolute atomic E-state index is 0.0134. The van der Waals surface area contributed by atoms with E-state index in [-0.39, 0.29) is 56.0 Å². The maximum Gasteiger partial charge on any atom is 0.305 e. The van der Waals surface area contributed by atoms with Gasteiger partial charge in [0, 0.05) is 81.3 Å². The van der Waals surface area contributed by atoms with Crippen molar-refractivity contribution in [2.45, 2.75) is 72.7 Å². The maximum absolute atomic E-state index is 13.2. The molecule has 24 nitrogen and oxygen atoms in total. The summed E-state index contributed by atoms with van der Waals surface area (Å²) in [5.41, 5.74) is -2.64. The van der Waals surface area contributed by atoms with Crippen molar-refractivity contribution < 1.29 is 121 Å². The van der Waals surface area contributed by atoms with E-state index in [1.807, 2.05) is 0 Å². The number of aliphatic hydroxyl groups excluding tert-OH is 4. The van der Waals surface area contributed by atoms with Crippen LogP contribution < -0.4 is 23.7 Å². The molecule has 0 aliphatic carbocycles. The molecule has 19 N–H and O–H groups in total. The van der Waals surface area contributed by atoms with E-state index in [9.17, 15) is 97.0 Å². The van der Waals surface area contributed by atoms with Crippen molar-refractivity contribution in [1.82, 2.24) is 0 Å². The minimum Gasteiger partial charge on any atom is -0.508 e. The van der Waals surface area contributed by atoms with Crippen LogP contribution in [-0.4, -0.2) is 121 Å². The van der Waals surface area contributed by atoms with E-state index >= 15 is 0 Å². The van der Waals surface area contributed by atoms with Gasteiger partial charge in [0.25, 0.3) is 0 Å². The highest BCUT2D eigenvalue weighted by Gasteiger charge is 2.62. The molecular formula is C60H48O24. The lowest BCUT2D eigenvalue weighted by molar-refractivity contribution is -0.219. The van der Waals surface area contributed by atoms with Crippen LogP contribution in [0.4, 0.5) is 0 Å². The zero-order valence-corrected chi connectivity index (χ0v) is 42.8. The third-order valence-corrected chi connectivity index (χ3v) is 16.4. The van der Waals surface area contributed by atoms with E-state index in [1.165, 1.54) is 24.3 Å². The molecule has 24 heteroatoms. The first kappa shape index (κ1) is 52.9. The second-order valence-corrected chi connectivity index (χ2v) is 21.2. The van der Waals surface area contributed by atoms with Gasteiger partial charge in [0.2, 0.25) is 0 Å². The van der Waals surface area contributed by atoms with Crippen LogP contribution in [0.25, 0.3) is 0 Å². The van der Waals surface area contributed by atoms with Gasteiger partial charge in [-0.25, -0.2) is 0 Å². The molecule has 0 spiro atoms. The van der Waals surface area contributed by atoms with Crippen molar-refractivity contribution in [3.05, 3.63) is 164 Å². The summed E-state index contributed by atoms with van der Waals surface area (Å²) in [5, 5.41) is 218. The third kappa shape index (κ3) is 7.68. The molecule has 0 unspecified atom stereocenters. The van der Waals surface area contributed by atoms with Crippen molar-refractivity contribution in [3.8, 4) is 115 Å². The first-order chi connectivity index (χ1) is 40.0. The summed E-state index contributed by atoms with van der Waals surface area (Å²) in [6, 6.07) is 18.2. The predicted molar refractivity (Wildman–Crippen MR) is 283 cm³/mol. The third-order valence-electron chi connectivity index (χ3n) is 16.4. The molecule has 8 aromatic rings. The summed E-state index contributed by atoms with van der Waals surface area (Å²) < 4.78 is 32.9. The van der Waals surface area contributed by atoms with Crippen molar-refractivity contribution in [1.29, 1.82) is 0 Å². The van der Waals surface area contributed by atoms with E-state index in [0.29, 0.717) is 0 Å². The smallest absolute Gasteiger partial charge is 0.305 e. The second-order valence-electron chi connectivity index (χ2n) is 21.2. The molecule has 11 atom stereocenters. The fourth-order valence-corrected chi connectivity index (χ4v) is 12.5. The highest BCUT2D eigenvalue weighted by atomic mass is 16.7. The largest absolute Gasteiger partial charge is 0.508 e. The Morgan fingerprint density at radius 1 is 0.333 bits per heavy atom. The maximum atomic E-state index is 13.2. The van der Waals surface area contributed by atoms with Crippen LogP contribution in [0.15, 0.2) is 103 Å². The van der Waals surface area contributed by atoms with Crippen LogP contribution in [-0.2, 0) is 12.2 Å². The van der Waals surface area contributed by atoms with Crippen LogP contribution in [0, 0.1) is 0 Å². The van der Waals surface area contributed by atoms with E-state index in [0.717, 1.165) is 78.9 Å². The van der Waals surface area contributed by atoms with Crippen molar-refractivity contribution >= 4 is 0 Å². The van der Waals surface area contributed by atoms with Gasteiger partial charge in [-0.1, -0.05) is 18.2 Å². The van der Waals surface area contributed by atoms with E-state index in [1.54, 1.807) is 0 Å². The Balaban J connectivity index is 1.09. The number of aromatic hydroxyl groups is 15. The number of phenolic OH excluding ortho intramolecular Hbond substituents is 15. The fourth-order valence-electron chi connectivity index (χ4n) is 12.5. The normalized spacial score (nSPS) is 25.1. The molecule has 5 aliphatic heterocycles. The van der Waals surface area contributed by atoms with Gasteiger partial charge in [-0.05, 0) is 71.3 Å². The van der Waals surface area contributed by atoms with Crippen LogP contribution in [0.3, 0.4) is 0 Å². The standard InChI is InChI=1S/C60H48O24/c61-23-13-34(71)42-40(14-23)80-54(20-2-6-26(63)31(68)10-20)51(77)48(42)45-36(73)17-37(74)46-50-47-41(83-60(59(50)79,84-58(45)46)22-4-8-28(65)33(70)12-22)18-38(75)44-49(52(78)55(82-57(44)47)21-3-7-27(64)32(69)11-21)43-35(72)16-29(66)24-15-39(76)53(81-56(24)43)19-1-5-25(62)30(67)9-19/h1-14,16-18,39,48-55,59,61-79H,15H2/t39-,48-,49+,50+,51-,52-,53-,54-,55-,59-,60+/m1/s1. The van der Waals surface area contributed by atoms with Gasteiger partial charge in [0.05, 0.1) is 23.9 Å². The molecule has 0 aromatic heterocycles. The summed E-state index contributed by atoms with van der Waals surface area (Å²) in [5.74, 6) is -20.4. The summed E-state index contributed by atoms with van der Waals surface area (Å²) in [7, 11) is 0. The predicted octanol–water partition coefficient (Wildman–Crippen LogP) is 5.69. The molecule has 5 aliphatic rings. The number of phenols is 15. The lowest BCUT2D eigenvalue weighted by Gasteiger charge is -2.52. The van der Waals surface area contributed by atoms with Gasteiger partial charge >= 0.3 is 5.79 Å². The monoisotopic (exact) mass is 1150 g/mol. The molecule has 0 saturated heterocycles. The highest BCUT2D eigenvalue weighted by Crippen LogP contribution is 2.68. The van der Waals surface area contributed by atoms with Crippen LogP contribution in [0.5, 0.6) is 115 Å². The van der Waals surface area contributed by atoms with Gasteiger partial charge in [-0.15, -0.1) is 0 Å². The SMILES string of the molecule is Oc1cc(O)c2c(c1)O[C@H](c1ccc(O)c(O)c1)[C@H](O)[C@H]2c1c(O)cc(O)c2c1O[C@]1(c3ccc(O)c(O)c3)Oc3cc(O)c4c(c3[C@H]2[C@H]1O)O[C@H](c1ccc(O)c(O)c1)[C@H](O)[C@H]4c1c(O)cc(O)c2c1O[C@H](c1ccc(O)c(O)c1)[C@H](O)C2. The topological polar surface area (TPSA) is 431 Å². The molecule has 2 bridgehead atoms. The molecule has 0 amide bonds. The van der Waals surface area contributed by atoms with Crippen molar-refractivity contribution in [2.24, 2.45) is 0 Å². The number of benzene rings is 8. The molecule has 432 valence electrons. The molecule has 0 saturated carbocycles. The molecule has 5 heterocycles. The fraction of sp³-hybridized carbons (Fsp3) is 0.200. The number of aliphatic hydroxyl groups is 4. The van der Waals surface area contributed by atoms with E-state index in [2.05, 4.69) is 0 Å². The quantitative estimate of drug-likeness (QED) is 0.0889. The number of hydrogen-bond acceptors (Lipinski definition) is 24. The first-order valence-electron chi connectivity index (χ1n) is 25.8. The van der Waals surface area contributed by atoms with E-state index < -0.39 is 193 Å². The Bertz CT molecular complexity index is 4110. The van der Waals surface area contributed by atoms with Gasteiger partial charge in [0.1, 0.15) is 93.4 Å². The Morgan fingerprint density at radius 2 is 0.786 bits per heavy atom. The molecule has 0 radical (unpaired) electrons.